The average Bonchev–Trinajstić information content (AvgIpc) is 2.60. The first-order chi connectivity index (χ1) is 8.65. The van der Waals surface area contributed by atoms with Gasteiger partial charge in [0.2, 0.25) is 0 Å². The third-order valence-corrected chi connectivity index (χ3v) is 3.18. The van der Waals surface area contributed by atoms with E-state index in [4.69, 9.17) is 4.74 Å². The van der Waals surface area contributed by atoms with E-state index in [0.29, 0.717) is 12.8 Å². The zero-order valence-corrected chi connectivity index (χ0v) is 11.1. The molecule has 0 aliphatic heterocycles. The van der Waals surface area contributed by atoms with Crippen molar-refractivity contribution in [2.24, 2.45) is 0 Å². The third kappa shape index (κ3) is 4.99. The molecule has 1 aliphatic carbocycles. The van der Waals surface area contributed by atoms with Gasteiger partial charge in [0.05, 0.1) is 19.1 Å². The van der Waals surface area contributed by atoms with E-state index in [2.05, 4.69) is 5.32 Å². The quantitative estimate of drug-likeness (QED) is 0.785. The highest BCUT2D eigenvalue weighted by Gasteiger charge is 2.46. The van der Waals surface area contributed by atoms with Gasteiger partial charge in [0.15, 0.2) is 0 Å². The predicted molar refractivity (Wildman–Crippen MR) is 62.9 cm³/mol. The lowest BCUT2D eigenvalue weighted by atomic mass is 9.96. The second-order valence-electron chi connectivity index (χ2n) is 5.29. The number of rotatable bonds is 6. The Bertz CT molecular complexity index is 320. The summed E-state index contributed by atoms with van der Waals surface area (Å²) in [5, 5.41) is 12.3. The van der Waals surface area contributed by atoms with E-state index in [9.17, 15) is 23.1 Å². The number of nitrogens with one attached hydrogen (secondary N) is 1. The number of carboxylic acids is 1. The fraction of sp³-hybridized carbons (Fsp3) is 0.917. The van der Waals surface area contributed by atoms with Crippen molar-refractivity contribution < 1.29 is 27.8 Å². The fourth-order valence-corrected chi connectivity index (χ4v) is 2.42. The summed E-state index contributed by atoms with van der Waals surface area (Å²) in [4.78, 5) is 11.3. The fourth-order valence-electron chi connectivity index (χ4n) is 2.42. The highest BCUT2D eigenvalue weighted by atomic mass is 19.4. The minimum atomic E-state index is -4.24. The Balaban J connectivity index is 2.48. The first-order valence-electron chi connectivity index (χ1n) is 6.34. The Morgan fingerprint density at radius 2 is 2.16 bits per heavy atom. The van der Waals surface area contributed by atoms with Gasteiger partial charge in [0.1, 0.15) is 5.54 Å². The molecule has 0 aromatic rings. The molecule has 2 unspecified atom stereocenters. The van der Waals surface area contributed by atoms with Crippen molar-refractivity contribution in [1.82, 2.24) is 5.32 Å². The second kappa shape index (κ2) is 6.09. The van der Waals surface area contributed by atoms with E-state index in [1.54, 1.807) is 0 Å². The van der Waals surface area contributed by atoms with Gasteiger partial charge in [-0.2, -0.15) is 13.2 Å². The smallest absolute Gasteiger partial charge is 0.391 e. The lowest BCUT2D eigenvalue weighted by Gasteiger charge is -2.28. The van der Waals surface area contributed by atoms with Gasteiger partial charge in [-0.05, 0) is 26.7 Å². The van der Waals surface area contributed by atoms with Crippen LogP contribution in [0.3, 0.4) is 0 Å². The van der Waals surface area contributed by atoms with Crippen molar-refractivity contribution in [3.63, 3.8) is 0 Å². The summed E-state index contributed by atoms with van der Waals surface area (Å²) >= 11 is 0. The summed E-state index contributed by atoms with van der Waals surface area (Å²) in [5.41, 5.74) is -1.07. The summed E-state index contributed by atoms with van der Waals surface area (Å²) in [7, 11) is 0. The number of ether oxygens (including phenoxy) is 1. The van der Waals surface area contributed by atoms with Gasteiger partial charge in [-0.1, -0.05) is 0 Å². The molecular weight excluding hydrogens is 263 g/mol. The van der Waals surface area contributed by atoms with Crippen LogP contribution in [0.15, 0.2) is 0 Å². The predicted octanol–water partition coefficient (Wildman–Crippen LogP) is 2.33. The summed E-state index contributed by atoms with van der Waals surface area (Å²) in [6.45, 7) is 3.26. The largest absolute Gasteiger partial charge is 0.480 e. The van der Waals surface area contributed by atoms with Gasteiger partial charge < -0.3 is 9.84 Å². The molecule has 1 rings (SSSR count). The van der Waals surface area contributed by atoms with Gasteiger partial charge in [-0.3, -0.25) is 10.1 Å². The van der Waals surface area contributed by atoms with E-state index in [1.807, 2.05) is 13.8 Å². The molecule has 0 bridgehead atoms. The van der Waals surface area contributed by atoms with E-state index >= 15 is 0 Å². The molecule has 0 aromatic heterocycles. The zero-order chi connectivity index (χ0) is 14.7. The minimum Gasteiger partial charge on any atom is -0.480 e. The van der Waals surface area contributed by atoms with Crippen molar-refractivity contribution in [3.8, 4) is 0 Å². The van der Waals surface area contributed by atoms with Gasteiger partial charge >= 0.3 is 12.1 Å². The standard InChI is InChI=1S/C12H20F3NO3/c1-8(2)16-11(10(17)18)4-3-9(7-11)19-6-5-12(13,14)15/h8-9,16H,3-7H2,1-2H3,(H,17,18). The lowest BCUT2D eigenvalue weighted by molar-refractivity contribution is -0.151. The molecule has 1 aliphatic rings. The summed E-state index contributed by atoms with van der Waals surface area (Å²) in [6, 6.07) is -0.00924. The molecule has 112 valence electrons. The maximum Gasteiger partial charge on any atom is 0.391 e. The molecule has 2 N–H and O–H groups in total. The van der Waals surface area contributed by atoms with Crippen LogP contribution in [-0.4, -0.2) is 41.5 Å². The van der Waals surface area contributed by atoms with Crippen molar-refractivity contribution in [2.45, 2.75) is 63.4 Å². The SMILES string of the molecule is CC(C)NC1(C(=O)O)CCC(OCCC(F)(F)F)C1. The lowest BCUT2D eigenvalue weighted by Crippen LogP contribution is -2.53. The molecule has 0 radical (unpaired) electrons. The maximum atomic E-state index is 12.0. The molecule has 1 fully saturated rings. The maximum absolute atomic E-state index is 12.0. The number of aliphatic carboxylic acids is 1. The molecule has 7 heteroatoms. The summed E-state index contributed by atoms with van der Waals surface area (Å²) in [6.07, 6.45) is -4.62. The highest BCUT2D eigenvalue weighted by Crippen LogP contribution is 2.33. The zero-order valence-electron chi connectivity index (χ0n) is 11.1. The number of halogens is 3. The van der Waals surface area contributed by atoms with E-state index in [0.717, 1.165) is 0 Å². The topological polar surface area (TPSA) is 58.6 Å². The number of hydrogen-bond donors (Lipinski definition) is 2. The van der Waals surface area contributed by atoms with E-state index < -0.39 is 36.8 Å². The molecule has 0 heterocycles. The van der Waals surface area contributed by atoms with Crippen LogP contribution < -0.4 is 5.32 Å². The van der Waals surface area contributed by atoms with Crippen LogP contribution in [0.2, 0.25) is 0 Å². The first kappa shape index (κ1) is 16.2. The Kier molecular flexibility index (Phi) is 5.20. The number of carboxylic acid groups (broad SMARTS) is 1. The van der Waals surface area contributed by atoms with E-state index in [-0.39, 0.29) is 12.5 Å². The summed E-state index contributed by atoms with van der Waals surface area (Å²) < 4.78 is 41.1. The van der Waals surface area contributed by atoms with Crippen molar-refractivity contribution in [2.75, 3.05) is 6.61 Å². The minimum absolute atomic E-state index is 0.00924. The van der Waals surface area contributed by atoms with Gasteiger partial charge in [-0.15, -0.1) is 0 Å². The average molecular weight is 283 g/mol. The molecule has 1 saturated carbocycles. The van der Waals surface area contributed by atoms with Crippen LogP contribution in [0.4, 0.5) is 13.2 Å². The summed E-state index contributed by atoms with van der Waals surface area (Å²) in [5.74, 6) is -0.969. The number of carbonyl (C=O) groups is 1. The Morgan fingerprint density at radius 3 is 2.63 bits per heavy atom. The van der Waals surface area contributed by atoms with E-state index in [1.165, 1.54) is 0 Å². The second-order valence-corrected chi connectivity index (χ2v) is 5.29. The first-order valence-corrected chi connectivity index (χ1v) is 6.34. The molecule has 0 saturated heterocycles. The van der Waals surface area contributed by atoms with Crippen molar-refractivity contribution in [1.29, 1.82) is 0 Å². The molecule has 0 aromatic carbocycles. The molecule has 0 amide bonds. The molecule has 2 atom stereocenters. The van der Waals surface area contributed by atoms with Gasteiger partial charge in [-0.25, -0.2) is 0 Å². The molecule has 4 nitrogen and oxygen atoms in total. The van der Waals surface area contributed by atoms with Crippen LogP contribution in [0, 0.1) is 0 Å². The van der Waals surface area contributed by atoms with Gasteiger partial charge in [0.25, 0.3) is 0 Å². The molecular formula is C12H20F3NO3. The van der Waals surface area contributed by atoms with Crippen LogP contribution >= 0.6 is 0 Å². The van der Waals surface area contributed by atoms with Crippen molar-refractivity contribution >= 4 is 5.97 Å². The van der Waals surface area contributed by atoms with Crippen molar-refractivity contribution in [3.05, 3.63) is 0 Å². The van der Waals surface area contributed by atoms with Crippen LogP contribution in [-0.2, 0) is 9.53 Å². The Hall–Kier alpha value is -0.820. The number of alkyl halides is 3. The normalized spacial score (nSPS) is 28.0. The highest BCUT2D eigenvalue weighted by molar-refractivity contribution is 5.79. The monoisotopic (exact) mass is 283 g/mol. The third-order valence-electron chi connectivity index (χ3n) is 3.18. The van der Waals surface area contributed by atoms with Gasteiger partial charge in [0, 0.05) is 12.5 Å². The van der Waals surface area contributed by atoms with Crippen LogP contribution in [0.25, 0.3) is 0 Å². The van der Waals surface area contributed by atoms with Crippen LogP contribution in [0.1, 0.15) is 39.5 Å². The Morgan fingerprint density at radius 1 is 1.53 bits per heavy atom. The Labute approximate surface area is 110 Å². The molecule has 0 spiro atoms. The van der Waals surface area contributed by atoms with Crippen LogP contribution in [0.5, 0.6) is 0 Å². The number of hydrogen-bond acceptors (Lipinski definition) is 3. The molecule has 19 heavy (non-hydrogen) atoms.